The summed E-state index contributed by atoms with van der Waals surface area (Å²) in [6.45, 7) is 6.50. The number of allylic oxidation sites excluding steroid dienone is 16. The zero-order valence-corrected chi connectivity index (χ0v) is 49.3. The Labute approximate surface area is 464 Å². The Morgan fingerprint density at radius 2 is 0.520 bits per heavy atom. The molecule has 0 aliphatic carbocycles. The molecule has 0 rings (SSSR count). The van der Waals surface area contributed by atoms with E-state index in [4.69, 9.17) is 14.2 Å². The quantitative estimate of drug-likeness (QED) is 0.0261. The average molecular weight is 1040 g/mol. The maximum Gasteiger partial charge on any atom is 0.306 e. The second-order valence-corrected chi connectivity index (χ2v) is 20.9. The molecule has 75 heavy (non-hydrogen) atoms. The summed E-state index contributed by atoms with van der Waals surface area (Å²) in [5.74, 6) is -0.904. The minimum absolute atomic E-state index is 0.0881. The zero-order valence-electron chi connectivity index (χ0n) is 49.3. The molecular weight excluding hydrogens is 925 g/mol. The molecule has 0 aromatic carbocycles. The van der Waals surface area contributed by atoms with Crippen molar-refractivity contribution < 1.29 is 28.6 Å². The Morgan fingerprint density at radius 3 is 0.840 bits per heavy atom. The van der Waals surface area contributed by atoms with Crippen LogP contribution in [0.4, 0.5) is 0 Å². The number of esters is 3. The summed E-state index contributed by atoms with van der Waals surface area (Å²) >= 11 is 0. The molecule has 0 saturated carbocycles. The summed E-state index contributed by atoms with van der Waals surface area (Å²) in [6.07, 6.45) is 84.0. The molecule has 0 heterocycles. The second kappa shape index (κ2) is 62.9. The Bertz CT molecular complexity index is 1480. The van der Waals surface area contributed by atoms with Crippen LogP contribution < -0.4 is 0 Å². The van der Waals surface area contributed by atoms with E-state index in [0.717, 1.165) is 116 Å². The molecule has 0 saturated heterocycles. The number of carbonyl (C=O) groups is 3. The lowest BCUT2D eigenvalue weighted by molar-refractivity contribution is -0.167. The summed E-state index contributed by atoms with van der Waals surface area (Å²) in [5.41, 5.74) is 0. The molecule has 0 bridgehead atoms. The number of ether oxygens (including phenoxy) is 3. The van der Waals surface area contributed by atoms with E-state index in [9.17, 15) is 14.4 Å². The van der Waals surface area contributed by atoms with Crippen molar-refractivity contribution in [1.29, 1.82) is 0 Å². The topological polar surface area (TPSA) is 78.9 Å². The number of rotatable bonds is 57. The van der Waals surface area contributed by atoms with Crippen LogP contribution in [0.2, 0.25) is 0 Å². The zero-order chi connectivity index (χ0) is 54.3. The van der Waals surface area contributed by atoms with E-state index in [1.165, 1.54) is 148 Å². The first kappa shape index (κ1) is 71.3. The number of hydrogen-bond acceptors (Lipinski definition) is 6. The van der Waals surface area contributed by atoms with Gasteiger partial charge in [-0.2, -0.15) is 0 Å². The van der Waals surface area contributed by atoms with E-state index < -0.39 is 6.10 Å². The number of unbranched alkanes of at least 4 members (excludes halogenated alkanes) is 30. The smallest absolute Gasteiger partial charge is 0.306 e. The molecule has 6 nitrogen and oxygen atoms in total. The van der Waals surface area contributed by atoms with Gasteiger partial charge in [-0.15, -0.1) is 0 Å². The number of hydrogen-bond donors (Lipinski definition) is 0. The van der Waals surface area contributed by atoms with E-state index in [1.807, 2.05) is 0 Å². The van der Waals surface area contributed by atoms with Gasteiger partial charge in [-0.3, -0.25) is 14.4 Å². The molecule has 0 aromatic rings. The van der Waals surface area contributed by atoms with Gasteiger partial charge in [0.2, 0.25) is 0 Å². The van der Waals surface area contributed by atoms with Crippen molar-refractivity contribution in [3.05, 3.63) is 97.2 Å². The summed E-state index contributed by atoms with van der Waals surface area (Å²) in [4.78, 5) is 38.3. The molecule has 0 aromatic heterocycles. The van der Waals surface area contributed by atoms with Gasteiger partial charge in [-0.05, 0) is 122 Å². The maximum atomic E-state index is 12.9. The van der Waals surface area contributed by atoms with Crippen LogP contribution in [0.15, 0.2) is 97.2 Å². The lowest BCUT2D eigenvalue weighted by atomic mass is 10.1. The van der Waals surface area contributed by atoms with Crippen LogP contribution in [0.1, 0.15) is 303 Å². The van der Waals surface area contributed by atoms with Crippen molar-refractivity contribution in [3.8, 4) is 0 Å². The third-order valence-electron chi connectivity index (χ3n) is 13.5. The van der Waals surface area contributed by atoms with Gasteiger partial charge in [0.25, 0.3) is 0 Å². The monoisotopic (exact) mass is 1040 g/mol. The van der Waals surface area contributed by atoms with Crippen molar-refractivity contribution in [2.45, 2.75) is 309 Å². The van der Waals surface area contributed by atoms with Crippen LogP contribution in [-0.2, 0) is 28.6 Å². The maximum absolute atomic E-state index is 12.9. The van der Waals surface area contributed by atoms with Gasteiger partial charge >= 0.3 is 17.9 Å². The Hall–Kier alpha value is -3.67. The largest absolute Gasteiger partial charge is 0.462 e. The summed E-state index contributed by atoms with van der Waals surface area (Å²) in [7, 11) is 0. The molecular formula is C69H118O6. The van der Waals surface area contributed by atoms with E-state index in [-0.39, 0.29) is 31.1 Å². The van der Waals surface area contributed by atoms with Crippen LogP contribution in [0.5, 0.6) is 0 Å². The molecule has 1 unspecified atom stereocenters. The van der Waals surface area contributed by atoms with Gasteiger partial charge in [0.05, 0.1) is 0 Å². The highest BCUT2D eigenvalue weighted by Gasteiger charge is 2.19. The molecule has 0 aliphatic rings. The lowest BCUT2D eigenvalue weighted by Crippen LogP contribution is -2.30. The van der Waals surface area contributed by atoms with Crippen LogP contribution in [-0.4, -0.2) is 37.2 Å². The molecule has 1 atom stereocenters. The van der Waals surface area contributed by atoms with Gasteiger partial charge in [-0.1, -0.05) is 259 Å². The standard InChI is InChI=1S/C69H118O6/c1-4-7-10-13-16-19-22-25-28-31-32-33-34-35-36-39-41-44-47-50-53-56-59-62-68(71)74-65-66(75-69(72)63-60-57-54-51-48-45-42-38-30-27-24-21-18-15-12-9-6-3)64-73-67(70)61-58-55-52-49-46-43-40-37-29-26-23-20-17-14-11-8-5-2/h9,12,17-18,20-22,25-27,29-32,34-35,66H,4-8,10-11,13-16,19,23-24,28,33,36-65H2,1-3H3/b12-9-,20-17-,21-18-,25-22-,29-26-,30-27-,32-31-,35-34-. The van der Waals surface area contributed by atoms with Crippen LogP contribution in [0.3, 0.4) is 0 Å². The van der Waals surface area contributed by atoms with Crippen LogP contribution >= 0.6 is 0 Å². The van der Waals surface area contributed by atoms with Gasteiger partial charge in [-0.25, -0.2) is 0 Å². The average Bonchev–Trinajstić information content (AvgIpc) is 3.41. The van der Waals surface area contributed by atoms with Gasteiger partial charge in [0, 0.05) is 19.3 Å². The molecule has 0 amide bonds. The SMILES string of the molecule is CC/C=C\C/C=C\C/C=C\CCCCCCCCCC(=O)OC(COC(=O)CCCCCCCCC/C=C\C/C=C\CCCCC)COC(=O)CCCCCCCCCC/C=C\C/C=C\C/C=C\CCCCCCC. The van der Waals surface area contributed by atoms with Gasteiger partial charge < -0.3 is 14.2 Å². The van der Waals surface area contributed by atoms with E-state index in [2.05, 4.69) is 118 Å². The molecule has 0 radical (unpaired) electrons. The minimum atomic E-state index is -0.792. The molecule has 0 spiro atoms. The Morgan fingerprint density at radius 1 is 0.280 bits per heavy atom. The normalized spacial score (nSPS) is 12.7. The van der Waals surface area contributed by atoms with E-state index in [1.54, 1.807) is 0 Å². The molecule has 0 N–H and O–H groups in total. The summed E-state index contributed by atoms with van der Waals surface area (Å²) in [6, 6.07) is 0. The summed E-state index contributed by atoms with van der Waals surface area (Å²) < 4.78 is 16.9. The second-order valence-electron chi connectivity index (χ2n) is 20.9. The van der Waals surface area contributed by atoms with Crippen molar-refractivity contribution in [3.63, 3.8) is 0 Å². The Balaban J connectivity index is 4.40. The molecule has 0 aliphatic heterocycles. The minimum Gasteiger partial charge on any atom is -0.462 e. The summed E-state index contributed by atoms with van der Waals surface area (Å²) in [5, 5.41) is 0. The third kappa shape index (κ3) is 61.1. The van der Waals surface area contributed by atoms with Crippen molar-refractivity contribution >= 4 is 17.9 Å². The van der Waals surface area contributed by atoms with E-state index in [0.29, 0.717) is 19.3 Å². The molecule has 6 heteroatoms. The first-order valence-electron chi connectivity index (χ1n) is 31.7. The predicted molar refractivity (Wildman–Crippen MR) is 325 cm³/mol. The number of carbonyl (C=O) groups excluding carboxylic acids is 3. The van der Waals surface area contributed by atoms with Crippen LogP contribution in [0.25, 0.3) is 0 Å². The highest BCUT2D eigenvalue weighted by atomic mass is 16.6. The Kier molecular flexibility index (Phi) is 59.8. The first-order chi connectivity index (χ1) is 37.0. The fourth-order valence-corrected chi connectivity index (χ4v) is 8.79. The van der Waals surface area contributed by atoms with Gasteiger partial charge in [0.1, 0.15) is 13.2 Å². The lowest BCUT2D eigenvalue weighted by Gasteiger charge is -2.18. The fourth-order valence-electron chi connectivity index (χ4n) is 8.79. The van der Waals surface area contributed by atoms with Crippen molar-refractivity contribution in [1.82, 2.24) is 0 Å². The van der Waals surface area contributed by atoms with Gasteiger partial charge in [0.15, 0.2) is 6.10 Å². The van der Waals surface area contributed by atoms with Crippen molar-refractivity contribution in [2.75, 3.05) is 13.2 Å². The third-order valence-corrected chi connectivity index (χ3v) is 13.5. The van der Waals surface area contributed by atoms with Crippen LogP contribution in [0, 0.1) is 0 Å². The highest BCUT2D eigenvalue weighted by molar-refractivity contribution is 5.71. The fraction of sp³-hybridized carbons (Fsp3) is 0.725. The molecule has 0 fully saturated rings. The molecule has 430 valence electrons. The predicted octanol–water partition coefficient (Wildman–Crippen LogP) is 21.7. The highest BCUT2D eigenvalue weighted by Crippen LogP contribution is 2.15. The first-order valence-corrected chi connectivity index (χ1v) is 31.7. The van der Waals surface area contributed by atoms with E-state index >= 15 is 0 Å². The van der Waals surface area contributed by atoms with Crippen molar-refractivity contribution in [2.24, 2.45) is 0 Å².